The summed E-state index contributed by atoms with van der Waals surface area (Å²) < 4.78 is 37.1. The van der Waals surface area contributed by atoms with Gasteiger partial charge in [0.1, 0.15) is 0 Å². The first-order valence-electron chi connectivity index (χ1n) is 4.26. The van der Waals surface area contributed by atoms with E-state index in [9.17, 15) is 18.3 Å². The summed E-state index contributed by atoms with van der Waals surface area (Å²) in [6.07, 6.45) is -5.65. The molecule has 1 rings (SSSR count). The Balaban J connectivity index is 3.01. The van der Waals surface area contributed by atoms with Crippen LogP contribution >= 0.6 is 15.9 Å². The van der Waals surface area contributed by atoms with Gasteiger partial charge in [0.15, 0.2) is 0 Å². The zero-order valence-electron chi connectivity index (χ0n) is 7.98. The second-order valence-electron chi connectivity index (χ2n) is 3.55. The quantitative estimate of drug-likeness (QED) is 0.879. The average molecular weight is 283 g/mol. The summed E-state index contributed by atoms with van der Waals surface area (Å²) in [4.78, 5) is 0. The molecular formula is C10H10BrF3O. The minimum absolute atomic E-state index is 0.238. The first-order valence-corrected chi connectivity index (χ1v) is 5.06. The van der Waals surface area contributed by atoms with Crippen LogP contribution in [0.15, 0.2) is 28.7 Å². The molecule has 0 fully saturated rings. The zero-order chi connectivity index (χ0) is 11.7. The maximum Gasteiger partial charge on any atom is 0.392 e. The van der Waals surface area contributed by atoms with Crippen LogP contribution in [0.4, 0.5) is 13.2 Å². The van der Waals surface area contributed by atoms with E-state index in [1.54, 1.807) is 18.2 Å². The molecule has 1 aromatic rings. The Morgan fingerprint density at radius 1 is 1.27 bits per heavy atom. The molecule has 84 valence electrons. The molecule has 0 bridgehead atoms. The van der Waals surface area contributed by atoms with E-state index in [1.165, 1.54) is 6.07 Å². The second-order valence-corrected chi connectivity index (χ2v) is 4.40. The minimum Gasteiger partial charge on any atom is -0.385 e. The van der Waals surface area contributed by atoms with E-state index >= 15 is 0 Å². The molecule has 5 heteroatoms. The average Bonchev–Trinajstić information content (AvgIpc) is 1.99. The van der Waals surface area contributed by atoms with Crippen molar-refractivity contribution in [3.8, 4) is 0 Å². The van der Waals surface area contributed by atoms with E-state index < -0.39 is 18.2 Å². The van der Waals surface area contributed by atoms with Crippen LogP contribution in [-0.4, -0.2) is 11.3 Å². The van der Waals surface area contributed by atoms with Gasteiger partial charge in [-0.3, -0.25) is 0 Å². The van der Waals surface area contributed by atoms with Gasteiger partial charge in [-0.1, -0.05) is 34.1 Å². The lowest BCUT2D eigenvalue weighted by atomic mass is 9.92. The Morgan fingerprint density at radius 3 is 2.27 bits per heavy atom. The summed E-state index contributed by atoms with van der Waals surface area (Å²) >= 11 is 3.11. The molecule has 1 unspecified atom stereocenters. The molecule has 15 heavy (non-hydrogen) atoms. The summed E-state index contributed by atoms with van der Waals surface area (Å²) in [5.41, 5.74) is -1.67. The van der Waals surface area contributed by atoms with Crippen LogP contribution in [0.3, 0.4) is 0 Å². The van der Waals surface area contributed by atoms with Crippen molar-refractivity contribution in [2.75, 3.05) is 0 Å². The number of hydrogen-bond acceptors (Lipinski definition) is 1. The summed E-state index contributed by atoms with van der Waals surface area (Å²) in [7, 11) is 0. The third kappa shape index (κ3) is 3.50. The highest BCUT2D eigenvalue weighted by Gasteiger charge is 2.39. The van der Waals surface area contributed by atoms with Crippen LogP contribution in [0.5, 0.6) is 0 Å². The standard InChI is InChI=1S/C10H10BrF3O/c1-9(15,6-10(12,13)14)7-4-2-3-5-8(7)11/h2-5,15H,6H2,1H3. The first kappa shape index (κ1) is 12.5. The van der Waals surface area contributed by atoms with Gasteiger partial charge < -0.3 is 5.11 Å². The molecule has 1 nitrogen and oxygen atoms in total. The topological polar surface area (TPSA) is 20.2 Å². The second kappa shape index (κ2) is 4.14. The van der Waals surface area contributed by atoms with Crippen molar-refractivity contribution >= 4 is 15.9 Å². The van der Waals surface area contributed by atoms with Crippen molar-refractivity contribution in [1.29, 1.82) is 0 Å². The highest BCUT2D eigenvalue weighted by atomic mass is 79.9. The van der Waals surface area contributed by atoms with Crippen molar-refractivity contribution in [1.82, 2.24) is 0 Å². The van der Waals surface area contributed by atoms with Crippen LogP contribution < -0.4 is 0 Å². The van der Waals surface area contributed by atoms with E-state index in [4.69, 9.17) is 0 Å². The lowest BCUT2D eigenvalue weighted by molar-refractivity contribution is -0.174. The monoisotopic (exact) mass is 282 g/mol. The predicted molar refractivity (Wildman–Crippen MR) is 54.4 cm³/mol. The molecule has 0 aliphatic heterocycles. The Labute approximate surface area is 94.0 Å². The van der Waals surface area contributed by atoms with Gasteiger partial charge in [0.05, 0.1) is 12.0 Å². The van der Waals surface area contributed by atoms with E-state index in [2.05, 4.69) is 15.9 Å². The zero-order valence-corrected chi connectivity index (χ0v) is 9.56. The molecule has 0 aliphatic rings. The van der Waals surface area contributed by atoms with Gasteiger partial charge in [-0.15, -0.1) is 0 Å². The fourth-order valence-corrected chi connectivity index (χ4v) is 2.10. The summed E-state index contributed by atoms with van der Waals surface area (Å²) in [5.74, 6) is 0. The number of alkyl halides is 3. The molecule has 0 saturated carbocycles. The fourth-order valence-electron chi connectivity index (χ4n) is 1.38. The molecule has 0 amide bonds. The fraction of sp³-hybridized carbons (Fsp3) is 0.400. The van der Waals surface area contributed by atoms with Crippen molar-refractivity contribution in [3.05, 3.63) is 34.3 Å². The Bertz CT molecular complexity index is 347. The number of aliphatic hydroxyl groups is 1. The summed E-state index contributed by atoms with van der Waals surface area (Å²) in [6, 6.07) is 6.33. The van der Waals surface area contributed by atoms with Gasteiger partial charge in [0.2, 0.25) is 0 Å². The van der Waals surface area contributed by atoms with Crippen molar-refractivity contribution in [2.45, 2.75) is 25.1 Å². The molecule has 0 spiro atoms. The largest absolute Gasteiger partial charge is 0.392 e. The van der Waals surface area contributed by atoms with E-state index in [0.717, 1.165) is 6.92 Å². The van der Waals surface area contributed by atoms with Crippen LogP contribution in [0.25, 0.3) is 0 Å². The van der Waals surface area contributed by atoms with Gasteiger partial charge in [-0.05, 0) is 18.6 Å². The third-order valence-corrected chi connectivity index (χ3v) is 2.69. The highest BCUT2D eigenvalue weighted by molar-refractivity contribution is 9.10. The molecule has 0 aliphatic carbocycles. The van der Waals surface area contributed by atoms with Crippen LogP contribution in [0, 0.1) is 0 Å². The molecule has 1 N–H and O–H groups in total. The first-order chi connectivity index (χ1) is 6.72. The Hall–Kier alpha value is -0.550. The molecule has 0 heterocycles. The van der Waals surface area contributed by atoms with E-state index in [0.29, 0.717) is 4.47 Å². The summed E-state index contributed by atoms with van der Waals surface area (Å²) in [6.45, 7) is 1.15. The summed E-state index contributed by atoms with van der Waals surface area (Å²) in [5, 5.41) is 9.75. The lowest BCUT2D eigenvalue weighted by Gasteiger charge is -2.26. The molecule has 1 aromatic carbocycles. The predicted octanol–water partition coefficient (Wildman–Crippen LogP) is 3.61. The van der Waals surface area contributed by atoms with Gasteiger partial charge in [0.25, 0.3) is 0 Å². The smallest absolute Gasteiger partial charge is 0.385 e. The van der Waals surface area contributed by atoms with Crippen LogP contribution in [0.1, 0.15) is 18.9 Å². The normalized spacial score (nSPS) is 16.1. The molecule has 0 saturated heterocycles. The van der Waals surface area contributed by atoms with Gasteiger partial charge in [0, 0.05) is 4.47 Å². The van der Waals surface area contributed by atoms with Crippen LogP contribution in [0.2, 0.25) is 0 Å². The molecule has 0 radical (unpaired) electrons. The van der Waals surface area contributed by atoms with Gasteiger partial charge in [-0.2, -0.15) is 13.2 Å². The number of hydrogen-bond donors (Lipinski definition) is 1. The SMILES string of the molecule is CC(O)(CC(F)(F)F)c1ccccc1Br. The highest BCUT2D eigenvalue weighted by Crippen LogP contribution is 2.37. The molecular weight excluding hydrogens is 273 g/mol. The lowest BCUT2D eigenvalue weighted by Crippen LogP contribution is -2.29. The maximum atomic E-state index is 12.2. The van der Waals surface area contributed by atoms with Crippen LogP contribution in [-0.2, 0) is 5.60 Å². The van der Waals surface area contributed by atoms with Crippen molar-refractivity contribution in [2.24, 2.45) is 0 Å². The van der Waals surface area contributed by atoms with Crippen molar-refractivity contribution in [3.63, 3.8) is 0 Å². The number of rotatable bonds is 2. The molecule has 1 atom stereocenters. The molecule has 0 aromatic heterocycles. The minimum atomic E-state index is -4.39. The Kier molecular flexibility index (Phi) is 3.45. The number of halogens is 4. The number of benzene rings is 1. The van der Waals surface area contributed by atoms with Crippen molar-refractivity contribution < 1.29 is 18.3 Å². The van der Waals surface area contributed by atoms with E-state index in [1.807, 2.05) is 0 Å². The van der Waals surface area contributed by atoms with Gasteiger partial charge in [-0.25, -0.2) is 0 Å². The van der Waals surface area contributed by atoms with E-state index in [-0.39, 0.29) is 5.56 Å². The maximum absolute atomic E-state index is 12.2. The third-order valence-electron chi connectivity index (χ3n) is 2.00. The Morgan fingerprint density at radius 2 is 1.80 bits per heavy atom. The van der Waals surface area contributed by atoms with Gasteiger partial charge >= 0.3 is 6.18 Å².